The molecule has 0 aliphatic carbocycles. The monoisotopic (exact) mass is 419 g/mol. The van der Waals surface area contributed by atoms with Gasteiger partial charge in [0.2, 0.25) is 0 Å². The number of carbonyl (C=O) groups excluding carboxylic acids is 2. The van der Waals surface area contributed by atoms with Crippen LogP contribution in [0.3, 0.4) is 0 Å². The number of hydrogen-bond donors (Lipinski definition) is 1. The van der Waals surface area contributed by atoms with Gasteiger partial charge in [0.15, 0.2) is 5.75 Å². The van der Waals surface area contributed by atoms with Crippen molar-refractivity contribution in [1.82, 2.24) is 14.4 Å². The zero-order valence-corrected chi connectivity index (χ0v) is 16.7. The van der Waals surface area contributed by atoms with Crippen molar-refractivity contribution in [2.24, 2.45) is 0 Å². The molecule has 2 aromatic rings. The molecule has 0 saturated heterocycles. The quantitative estimate of drug-likeness (QED) is 0.828. The Morgan fingerprint density at radius 1 is 1.24 bits per heavy atom. The van der Waals surface area contributed by atoms with Crippen molar-refractivity contribution >= 4 is 23.4 Å². The number of benzene rings is 1. The fourth-order valence-corrected chi connectivity index (χ4v) is 4.37. The minimum atomic E-state index is -0.747. The van der Waals surface area contributed by atoms with Gasteiger partial charge in [-0.05, 0) is 30.5 Å². The second-order valence-electron chi connectivity index (χ2n) is 7.26. The van der Waals surface area contributed by atoms with Crippen LogP contribution in [0.4, 0.5) is 4.39 Å². The predicted molar refractivity (Wildman–Crippen MR) is 104 cm³/mol. The molecule has 2 aliphatic heterocycles. The number of rotatable bonds is 3. The number of aromatic nitrogens is 1. The summed E-state index contributed by atoms with van der Waals surface area (Å²) >= 11 is 5.81. The Balaban J connectivity index is 1.78. The lowest BCUT2D eigenvalue weighted by Crippen LogP contribution is -2.40. The molecule has 1 aromatic carbocycles. The summed E-state index contributed by atoms with van der Waals surface area (Å²) in [7, 11) is 1.60. The van der Waals surface area contributed by atoms with Gasteiger partial charge in [-0.2, -0.15) is 0 Å². The van der Waals surface area contributed by atoms with Crippen LogP contribution in [-0.2, 0) is 13.0 Å². The molecular formula is C20H19ClFN3O4. The fraction of sp³-hybridized carbons (Fsp3) is 0.350. The van der Waals surface area contributed by atoms with Crippen molar-refractivity contribution < 1.29 is 19.1 Å². The summed E-state index contributed by atoms with van der Waals surface area (Å²) in [5, 5.41) is 10.5. The summed E-state index contributed by atoms with van der Waals surface area (Å²) in [5.41, 5.74) is 0.318. The molecule has 7 nitrogen and oxygen atoms in total. The van der Waals surface area contributed by atoms with Crippen LogP contribution in [0.15, 0.2) is 23.0 Å². The van der Waals surface area contributed by atoms with E-state index in [4.69, 9.17) is 11.6 Å². The highest BCUT2D eigenvalue weighted by Gasteiger charge is 2.42. The van der Waals surface area contributed by atoms with Gasteiger partial charge in [0.25, 0.3) is 17.4 Å². The topological polar surface area (TPSA) is 82.9 Å². The van der Waals surface area contributed by atoms with E-state index in [-0.39, 0.29) is 28.7 Å². The van der Waals surface area contributed by atoms with Crippen molar-refractivity contribution in [1.29, 1.82) is 0 Å². The maximum atomic E-state index is 13.4. The number of nitrogens with zero attached hydrogens (tertiary/aromatic N) is 3. The lowest BCUT2D eigenvalue weighted by atomic mass is 9.95. The number of aromatic hydroxyl groups is 1. The summed E-state index contributed by atoms with van der Waals surface area (Å²) in [6.45, 7) is 2.27. The molecule has 4 rings (SSSR count). The van der Waals surface area contributed by atoms with Gasteiger partial charge in [-0.25, -0.2) is 4.39 Å². The Kier molecular flexibility index (Phi) is 4.61. The Labute approximate surface area is 170 Å². The molecule has 0 spiro atoms. The van der Waals surface area contributed by atoms with Gasteiger partial charge in [-0.1, -0.05) is 24.6 Å². The zero-order chi connectivity index (χ0) is 21.0. The molecule has 0 saturated carbocycles. The van der Waals surface area contributed by atoms with E-state index in [0.717, 1.165) is 0 Å². The van der Waals surface area contributed by atoms with Crippen LogP contribution in [0.2, 0.25) is 5.02 Å². The molecule has 1 N–H and O–H groups in total. The van der Waals surface area contributed by atoms with Gasteiger partial charge in [0.05, 0.1) is 10.6 Å². The lowest BCUT2D eigenvalue weighted by molar-refractivity contribution is 0.0722. The Bertz CT molecular complexity index is 1110. The van der Waals surface area contributed by atoms with E-state index in [1.165, 1.54) is 32.6 Å². The van der Waals surface area contributed by atoms with E-state index < -0.39 is 29.2 Å². The third-order valence-electron chi connectivity index (χ3n) is 5.61. The summed E-state index contributed by atoms with van der Waals surface area (Å²) < 4.78 is 14.7. The number of fused-ring (bicyclic) bond motifs is 3. The predicted octanol–water partition coefficient (Wildman–Crippen LogP) is 2.54. The third-order valence-corrected chi connectivity index (χ3v) is 5.90. The summed E-state index contributed by atoms with van der Waals surface area (Å²) in [6.07, 6.45) is 0.323. The molecular weight excluding hydrogens is 401 g/mol. The summed E-state index contributed by atoms with van der Waals surface area (Å²) in [6, 6.07) is 4.17. The molecule has 1 unspecified atom stereocenters. The molecule has 0 bridgehead atoms. The van der Waals surface area contributed by atoms with E-state index in [1.54, 1.807) is 7.05 Å². The SMILES string of the molecule is CCC1N(C)C(=O)c2c3c(c(O)c(=O)n21)C(=O)N(Cc1ccc(F)c(Cl)c1)CC3. The number of carbonyl (C=O) groups is 2. The van der Waals surface area contributed by atoms with E-state index in [0.29, 0.717) is 30.5 Å². The first-order valence-corrected chi connectivity index (χ1v) is 9.64. The molecule has 1 atom stereocenters. The normalized spacial score (nSPS) is 18.3. The average molecular weight is 420 g/mol. The Hall–Kier alpha value is -2.87. The number of pyridine rings is 1. The first kappa shape index (κ1) is 19.4. The highest BCUT2D eigenvalue weighted by Crippen LogP contribution is 2.35. The molecule has 1 aromatic heterocycles. The van der Waals surface area contributed by atoms with Crippen LogP contribution in [0.25, 0.3) is 0 Å². The van der Waals surface area contributed by atoms with E-state index >= 15 is 0 Å². The maximum Gasteiger partial charge on any atom is 0.295 e. The smallest absolute Gasteiger partial charge is 0.295 e. The minimum absolute atomic E-state index is 0.0505. The Morgan fingerprint density at radius 3 is 2.62 bits per heavy atom. The molecule has 29 heavy (non-hydrogen) atoms. The number of hydrogen-bond acceptors (Lipinski definition) is 4. The van der Waals surface area contributed by atoms with E-state index in [2.05, 4.69) is 0 Å². The average Bonchev–Trinajstić information content (AvgIpc) is 2.95. The van der Waals surface area contributed by atoms with Crippen molar-refractivity contribution in [2.75, 3.05) is 13.6 Å². The van der Waals surface area contributed by atoms with Crippen LogP contribution in [-0.4, -0.2) is 44.9 Å². The van der Waals surface area contributed by atoms with Gasteiger partial charge >= 0.3 is 0 Å². The minimum Gasteiger partial charge on any atom is -0.502 e. The van der Waals surface area contributed by atoms with Gasteiger partial charge < -0.3 is 14.9 Å². The standard InChI is InChI=1S/C20H19ClFN3O4/c1-3-14-23(2)19(28)16-11-6-7-24(9-10-4-5-13(22)12(21)8-10)18(27)15(11)17(26)20(29)25(14)16/h4-5,8,14,26H,3,6-7,9H2,1-2H3. The lowest BCUT2D eigenvalue weighted by Gasteiger charge is -2.30. The van der Waals surface area contributed by atoms with Gasteiger partial charge in [-0.15, -0.1) is 0 Å². The Morgan fingerprint density at radius 2 is 1.97 bits per heavy atom. The van der Waals surface area contributed by atoms with E-state index in [9.17, 15) is 23.9 Å². The van der Waals surface area contributed by atoms with Crippen LogP contribution in [0.5, 0.6) is 5.75 Å². The van der Waals surface area contributed by atoms with Crippen molar-refractivity contribution in [3.8, 4) is 5.75 Å². The molecule has 0 radical (unpaired) electrons. The molecule has 152 valence electrons. The van der Waals surface area contributed by atoms with Gasteiger partial charge in [-0.3, -0.25) is 19.0 Å². The summed E-state index contributed by atoms with van der Waals surface area (Å²) in [5.74, 6) is -2.07. The van der Waals surface area contributed by atoms with Crippen LogP contribution in [0, 0.1) is 5.82 Å². The highest BCUT2D eigenvalue weighted by molar-refractivity contribution is 6.30. The second-order valence-corrected chi connectivity index (χ2v) is 7.66. The first-order chi connectivity index (χ1) is 13.8. The fourth-order valence-electron chi connectivity index (χ4n) is 4.17. The van der Waals surface area contributed by atoms with Crippen LogP contribution < -0.4 is 5.56 Å². The number of amides is 2. The molecule has 3 heterocycles. The second kappa shape index (κ2) is 6.88. The van der Waals surface area contributed by atoms with E-state index in [1.807, 2.05) is 6.92 Å². The maximum absolute atomic E-state index is 13.4. The summed E-state index contributed by atoms with van der Waals surface area (Å²) in [4.78, 5) is 41.5. The van der Waals surface area contributed by atoms with Gasteiger partial charge in [0, 0.05) is 25.7 Å². The van der Waals surface area contributed by atoms with Crippen LogP contribution >= 0.6 is 11.6 Å². The number of halogens is 2. The zero-order valence-electron chi connectivity index (χ0n) is 15.9. The molecule has 0 fully saturated rings. The first-order valence-electron chi connectivity index (χ1n) is 9.26. The van der Waals surface area contributed by atoms with Crippen molar-refractivity contribution in [3.05, 3.63) is 61.8 Å². The van der Waals surface area contributed by atoms with Crippen molar-refractivity contribution in [3.63, 3.8) is 0 Å². The van der Waals surface area contributed by atoms with Gasteiger partial charge in [0.1, 0.15) is 17.7 Å². The molecule has 9 heteroatoms. The largest absolute Gasteiger partial charge is 0.502 e. The third kappa shape index (κ3) is 2.81. The molecule has 2 amide bonds. The molecule has 2 aliphatic rings. The van der Waals surface area contributed by atoms with Crippen molar-refractivity contribution in [2.45, 2.75) is 32.5 Å². The highest BCUT2D eigenvalue weighted by atomic mass is 35.5. The van der Waals surface area contributed by atoms with Crippen LogP contribution in [0.1, 0.15) is 51.5 Å².